The molecule has 1 atom stereocenters. The van der Waals surface area contributed by atoms with Crippen molar-refractivity contribution in [3.05, 3.63) is 48.7 Å². The Balaban J connectivity index is 1.50. The van der Waals surface area contributed by atoms with Gasteiger partial charge in [-0.3, -0.25) is 9.89 Å². The first kappa shape index (κ1) is 12.7. The lowest BCUT2D eigenvalue weighted by Crippen LogP contribution is -2.40. The topological polar surface area (TPSA) is 76.2 Å². The molecule has 0 bridgehead atoms. The molecule has 22 heavy (non-hydrogen) atoms. The number of anilines is 1. The number of nitrogens with zero attached hydrogens (tertiary/aromatic N) is 1. The minimum absolute atomic E-state index is 0.190. The summed E-state index contributed by atoms with van der Waals surface area (Å²) in [4.78, 5) is 12.3. The molecule has 0 radical (unpaired) electrons. The number of fused-ring (bicyclic) bond motifs is 2. The van der Waals surface area contributed by atoms with Gasteiger partial charge in [0, 0.05) is 11.1 Å². The van der Waals surface area contributed by atoms with Crippen LogP contribution >= 0.6 is 0 Å². The summed E-state index contributed by atoms with van der Waals surface area (Å²) in [6, 6.07) is 12.9. The molecule has 2 N–H and O–H groups in total. The molecule has 0 spiro atoms. The van der Waals surface area contributed by atoms with Crippen molar-refractivity contribution in [1.29, 1.82) is 0 Å². The highest BCUT2D eigenvalue weighted by molar-refractivity contribution is 5.96. The van der Waals surface area contributed by atoms with E-state index in [1.807, 2.05) is 36.4 Å². The number of aromatic amines is 1. The Hall–Kier alpha value is -3.02. The number of rotatable bonds is 2. The minimum Gasteiger partial charge on any atom is -0.485 e. The smallest absolute Gasteiger partial charge is 0.269 e. The molecule has 1 aromatic heterocycles. The van der Waals surface area contributed by atoms with E-state index < -0.39 is 6.10 Å². The second kappa shape index (κ2) is 5.07. The number of para-hydroxylation sites is 2. The summed E-state index contributed by atoms with van der Waals surface area (Å²) >= 11 is 0. The van der Waals surface area contributed by atoms with E-state index in [2.05, 4.69) is 15.5 Å². The molecule has 1 amide bonds. The molecule has 1 aliphatic rings. The molecule has 6 heteroatoms. The first-order valence-corrected chi connectivity index (χ1v) is 6.92. The number of benzene rings is 2. The van der Waals surface area contributed by atoms with Crippen molar-refractivity contribution in [1.82, 2.24) is 10.2 Å². The van der Waals surface area contributed by atoms with Gasteiger partial charge in [-0.1, -0.05) is 12.1 Å². The Bertz CT molecular complexity index is 843. The quantitative estimate of drug-likeness (QED) is 0.761. The molecule has 6 nitrogen and oxygen atoms in total. The van der Waals surface area contributed by atoms with Crippen LogP contribution in [0.15, 0.2) is 48.7 Å². The fraction of sp³-hybridized carbons (Fsp3) is 0.125. The normalized spacial score (nSPS) is 16.5. The van der Waals surface area contributed by atoms with Crippen molar-refractivity contribution >= 4 is 22.5 Å². The lowest BCUT2D eigenvalue weighted by molar-refractivity contribution is -0.125. The van der Waals surface area contributed by atoms with Gasteiger partial charge in [-0.15, -0.1) is 0 Å². The first-order chi connectivity index (χ1) is 10.8. The van der Waals surface area contributed by atoms with E-state index in [4.69, 9.17) is 9.47 Å². The second-order valence-electron chi connectivity index (χ2n) is 5.03. The van der Waals surface area contributed by atoms with Crippen LogP contribution in [-0.4, -0.2) is 28.8 Å². The molecule has 0 unspecified atom stereocenters. The van der Waals surface area contributed by atoms with Crippen molar-refractivity contribution in [3.63, 3.8) is 0 Å². The Morgan fingerprint density at radius 3 is 3.00 bits per heavy atom. The summed E-state index contributed by atoms with van der Waals surface area (Å²) in [7, 11) is 0. The highest BCUT2D eigenvalue weighted by Crippen LogP contribution is 2.31. The van der Waals surface area contributed by atoms with Gasteiger partial charge in [-0.05, 0) is 30.3 Å². The number of hydrogen-bond donors (Lipinski definition) is 2. The Kier molecular flexibility index (Phi) is 2.93. The average molecular weight is 295 g/mol. The largest absolute Gasteiger partial charge is 0.485 e. The molecular weight excluding hydrogens is 282 g/mol. The van der Waals surface area contributed by atoms with Gasteiger partial charge in [0.25, 0.3) is 5.91 Å². The molecule has 0 saturated heterocycles. The Morgan fingerprint density at radius 1 is 1.23 bits per heavy atom. The van der Waals surface area contributed by atoms with E-state index in [1.54, 1.807) is 12.3 Å². The van der Waals surface area contributed by atoms with Crippen LogP contribution in [0.1, 0.15) is 0 Å². The lowest BCUT2D eigenvalue weighted by atomic mass is 10.2. The van der Waals surface area contributed by atoms with Crippen LogP contribution in [0.2, 0.25) is 0 Å². The molecule has 2 aromatic carbocycles. The summed E-state index contributed by atoms with van der Waals surface area (Å²) in [6.07, 6.45) is 1.06. The number of amides is 1. The monoisotopic (exact) mass is 295 g/mol. The van der Waals surface area contributed by atoms with Crippen LogP contribution in [0.3, 0.4) is 0 Å². The molecule has 0 saturated carbocycles. The fourth-order valence-electron chi connectivity index (χ4n) is 2.39. The van der Waals surface area contributed by atoms with E-state index in [0.717, 1.165) is 10.9 Å². The van der Waals surface area contributed by atoms with Gasteiger partial charge in [0.1, 0.15) is 6.61 Å². The van der Waals surface area contributed by atoms with Crippen LogP contribution in [0, 0.1) is 0 Å². The predicted octanol–water partition coefficient (Wildman–Crippen LogP) is 2.34. The first-order valence-electron chi connectivity index (χ1n) is 6.92. The van der Waals surface area contributed by atoms with Gasteiger partial charge in [0.15, 0.2) is 11.5 Å². The molecule has 110 valence electrons. The third-order valence-electron chi connectivity index (χ3n) is 3.51. The van der Waals surface area contributed by atoms with Crippen LogP contribution in [0.5, 0.6) is 11.5 Å². The van der Waals surface area contributed by atoms with Gasteiger partial charge in [-0.25, -0.2) is 0 Å². The van der Waals surface area contributed by atoms with Crippen LogP contribution < -0.4 is 14.8 Å². The summed E-state index contributed by atoms with van der Waals surface area (Å²) in [5.74, 6) is 0.997. The zero-order valence-electron chi connectivity index (χ0n) is 11.6. The van der Waals surface area contributed by atoms with E-state index in [1.165, 1.54) is 0 Å². The number of nitrogens with one attached hydrogen (secondary N) is 2. The maximum absolute atomic E-state index is 12.3. The zero-order valence-corrected chi connectivity index (χ0v) is 11.6. The molecule has 3 aromatic rings. The number of hydrogen-bond acceptors (Lipinski definition) is 4. The van der Waals surface area contributed by atoms with E-state index in [-0.39, 0.29) is 12.5 Å². The summed E-state index contributed by atoms with van der Waals surface area (Å²) in [5.41, 5.74) is 1.55. The van der Waals surface area contributed by atoms with E-state index in [0.29, 0.717) is 17.2 Å². The van der Waals surface area contributed by atoms with Gasteiger partial charge < -0.3 is 14.8 Å². The Morgan fingerprint density at radius 2 is 2.09 bits per heavy atom. The van der Waals surface area contributed by atoms with Crippen molar-refractivity contribution in [2.45, 2.75) is 6.10 Å². The van der Waals surface area contributed by atoms with Crippen molar-refractivity contribution < 1.29 is 14.3 Å². The van der Waals surface area contributed by atoms with Gasteiger partial charge in [0.2, 0.25) is 6.10 Å². The Labute approximate surface area is 126 Å². The van der Waals surface area contributed by atoms with Crippen molar-refractivity contribution in [3.8, 4) is 11.5 Å². The molecule has 0 aliphatic carbocycles. The van der Waals surface area contributed by atoms with Crippen LogP contribution in [-0.2, 0) is 4.79 Å². The van der Waals surface area contributed by atoms with E-state index >= 15 is 0 Å². The average Bonchev–Trinajstić information content (AvgIpc) is 3.02. The highest BCUT2D eigenvalue weighted by atomic mass is 16.6. The summed E-state index contributed by atoms with van der Waals surface area (Å²) in [6.45, 7) is 0.190. The number of aromatic nitrogens is 2. The van der Waals surface area contributed by atoms with Crippen molar-refractivity contribution in [2.24, 2.45) is 0 Å². The second-order valence-corrected chi connectivity index (χ2v) is 5.03. The predicted molar refractivity (Wildman–Crippen MR) is 81.1 cm³/mol. The number of H-pyrrole nitrogens is 1. The third-order valence-corrected chi connectivity index (χ3v) is 3.51. The molecular formula is C16H13N3O3. The molecule has 2 heterocycles. The fourth-order valence-corrected chi connectivity index (χ4v) is 2.39. The summed E-state index contributed by atoms with van der Waals surface area (Å²) in [5, 5.41) is 10.6. The van der Waals surface area contributed by atoms with E-state index in [9.17, 15) is 4.79 Å². The highest BCUT2D eigenvalue weighted by Gasteiger charge is 2.27. The number of carbonyl (C=O) groups is 1. The summed E-state index contributed by atoms with van der Waals surface area (Å²) < 4.78 is 11.2. The van der Waals surface area contributed by atoms with Gasteiger partial charge in [-0.2, -0.15) is 5.10 Å². The van der Waals surface area contributed by atoms with Crippen LogP contribution in [0.25, 0.3) is 10.9 Å². The van der Waals surface area contributed by atoms with Crippen molar-refractivity contribution in [2.75, 3.05) is 11.9 Å². The zero-order chi connectivity index (χ0) is 14.9. The molecule has 0 fully saturated rings. The SMILES string of the molecule is O=C(Nc1ccc2cn[nH]c2c1)[C@@H]1COc2ccccc2O1. The maximum Gasteiger partial charge on any atom is 0.269 e. The van der Waals surface area contributed by atoms with Gasteiger partial charge >= 0.3 is 0 Å². The minimum atomic E-state index is -0.674. The third kappa shape index (κ3) is 2.24. The lowest BCUT2D eigenvalue weighted by Gasteiger charge is -2.25. The molecule has 1 aliphatic heterocycles. The molecule has 4 rings (SSSR count). The number of ether oxygens (including phenoxy) is 2. The van der Waals surface area contributed by atoms with Crippen LogP contribution in [0.4, 0.5) is 5.69 Å². The number of carbonyl (C=O) groups excluding carboxylic acids is 1. The van der Waals surface area contributed by atoms with Gasteiger partial charge in [0.05, 0.1) is 11.7 Å². The maximum atomic E-state index is 12.3. The standard InChI is InChI=1S/C16H13N3O3/c20-16(15-9-21-13-3-1-2-4-14(13)22-15)18-11-6-5-10-8-17-19-12(10)7-11/h1-8,15H,9H2,(H,17,19)(H,18,20)/t15-/m0/s1.